The fourth-order valence-electron chi connectivity index (χ4n) is 1.22. The Morgan fingerprint density at radius 3 is 2.61 bits per heavy atom. The number of carboxylic acids is 1. The zero-order valence-electron chi connectivity index (χ0n) is 11.2. The van der Waals surface area contributed by atoms with Crippen molar-refractivity contribution in [2.75, 3.05) is 38.7 Å². The molecule has 0 aliphatic rings. The third-order valence-corrected chi connectivity index (χ3v) is 3.18. The Morgan fingerprint density at radius 1 is 1.44 bits per heavy atom. The molecule has 0 aliphatic carbocycles. The molecule has 0 aliphatic heterocycles. The lowest BCUT2D eigenvalue weighted by Gasteiger charge is -2.17. The van der Waals surface area contributed by atoms with Crippen molar-refractivity contribution in [3.8, 4) is 0 Å². The van der Waals surface area contributed by atoms with E-state index in [1.807, 2.05) is 20.2 Å². The van der Waals surface area contributed by atoms with E-state index < -0.39 is 18.0 Å². The maximum atomic E-state index is 11.5. The van der Waals surface area contributed by atoms with Gasteiger partial charge in [-0.2, -0.15) is 11.8 Å². The second kappa shape index (κ2) is 10.0. The first-order chi connectivity index (χ1) is 8.51. The lowest BCUT2D eigenvalue weighted by Crippen LogP contribution is -2.47. The number of amides is 2. The van der Waals surface area contributed by atoms with Gasteiger partial charge in [-0.05, 0) is 32.0 Å². The average Bonchev–Trinajstić information content (AvgIpc) is 2.33. The van der Waals surface area contributed by atoms with E-state index in [4.69, 9.17) is 5.11 Å². The topological polar surface area (TPSA) is 81.7 Å². The third kappa shape index (κ3) is 8.19. The number of likely N-dealkylation sites (N-methyl/N-ethyl adjacent to an activating group) is 1. The number of rotatable bonds is 9. The SMILES string of the molecule is CCN(C)CCNC(=O)NC(CCSC)C(=O)O. The molecular formula is C11H23N3O3S. The van der Waals surface area contributed by atoms with Crippen LogP contribution in [0.2, 0.25) is 0 Å². The van der Waals surface area contributed by atoms with Crippen LogP contribution in [0.25, 0.3) is 0 Å². The van der Waals surface area contributed by atoms with Gasteiger partial charge in [0.25, 0.3) is 0 Å². The van der Waals surface area contributed by atoms with E-state index in [1.54, 1.807) is 11.8 Å². The number of thioether (sulfide) groups is 1. The molecule has 0 aromatic rings. The predicted octanol–water partition coefficient (Wildman–Crippen LogP) is 0.444. The first kappa shape index (κ1) is 17.1. The van der Waals surface area contributed by atoms with Crippen LogP contribution >= 0.6 is 11.8 Å². The van der Waals surface area contributed by atoms with Crippen molar-refractivity contribution < 1.29 is 14.7 Å². The highest BCUT2D eigenvalue weighted by Gasteiger charge is 2.18. The Labute approximate surface area is 112 Å². The summed E-state index contributed by atoms with van der Waals surface area (Å²) in [5, 5.41) is 14.0. The Bertz CT molecular complexity index is 264. The number of aliphatic carboxylic acids is 1. The van der Waals surface area contributed by atoms with Gasteiger partial charge in [-0.3, -0.25) is 0 Å². The zero-order chi connectivity index (χ0) is 14.0. The van der Waals surface area contributed by atoms with Crippen molar-refractivity contribution in [3.63, 3.8) is 0 Å². The molecule has 0 saturated carbocycles. The van der Waals surface area contributed by atoms with Gasteiger partial charge >= 0.3 is 12.0 Å². The van der Waals surface area contributed by atoms with Crippen molar-refractivity contribution >= 4 is 23.8 Å². The minimum atomic E-state index is -0.995. The van der Waals surface area contributed by atoms with Crippen LogP contribution in [0, 0.1) is 0 Å². The lowest BCUT2D eigenvalue weighted by molar-refractivity contribution is -0.139. The van der Waals surface area contributed by atoms with Crippen LogP contribution in [0.3, 0.4) is 0 Å². The molecular weight excluding hydrogens is 254 g/mol. The quantitative estimate of drug-likeness (QED) is 0.570. The molecule has 18 heavy (non-hydrogen) atoms. The summed E-state index contributed by atoms with van der Waals surface area (Å²) in [5.41, 5.74) is 0. The van der Waals surface area contributed by atoms with E-state index in [-0.39, 0.29) is 0 Å². The number of urea groups is 1. The van der Waals surface area contributed by atoms with Gasteiger partial charge in [-0.15, -0.1) is 0 Å². The minimum absolute atomic E-state index is 0.423. The highest BCUT2D eigenvalue weighted by molar-refractivity contribution is 7.98. The number of carbonyl (C=O) groups is 2. The lowest BCUT2D eigenvalue weighted by atomic mass is 10.2. The van der Waals surface area contributed by atoms with Crippen molar-refractivity contribution in [2.45, 2.75) is 19.4 Å². The Balaban J connectivity index is 3.91. The van der Waals surface area contributed by atoms with E-state index >= 15 is 0 Å². The van der Waals surface area contributed by atoms with Gasteiger partial charge in [-0.25, -0.2) is 9.59 Å². The Morgan fingerprint density at radius 2 is 2.11 bits per heavy atom. The summed E-state index contributed by atoms with van der Waals surface area (Å²) in [6.45, 7) is 4.19. The largest absolute Gasteiger partial charge is 0.480 e. The predicted molar refractivity (Wildman–Crippen MR) is 74.1 cm³/mol. The van der Waals surface area contributed by atoms with Gasteiger partial charge in [0.2, 0.25) is 0 Å². The summed E-state index contributed by atoms with van der Waals surface area (Å²) in [4.78, 5) is 24.4. The van der Waals surface area contributed by atoms with E-state index in [0.29, 0.717) is 18.7 Å². The highest BCUT2D eigenvalue weighted by atomic mass is 32.2. The van der Waals surface area contributed by atoms with Crippen molar-refractivity contribution in [3.05, 3.63) is 0 Å². The Hall–Kier alpha value is -0.950. The summed E-state index contributed by atoms with van der Waals surface area (Å²) in [5.74, 6) is -0.291. The second-order valence-electron chi connectivity index (χ2n) is 3.97. The molecule has 0 heterocycles. The van der Waals surface area contributed by atoms with Gasteiger partial charge in [0.1, 0.15) is 6.04 Å². The van der Waals surface area contributed by atoms with Gasteiger partial charge in [-0.1, -0.05) is 6.92 Å². The van der Waals surface area contributed by atoms with E-state index in [1.165, 1.54) is 0 Å². The number of nitrogens with zero attached hydrogens (tertiary/aromatic N) is 1. The smallest absolute Gasteiger partial charge is 0.326 e. The molecule has 0 aromatic carbocycles. The summed E-state index contributed by atoms with van der Waals surface area (Å²) < 4.78 is 0. The minimum Gasteiger partial charge on any atom is -0.480 e. The molecule has 0 aromatic heterocycles. The molecule has 106 valence electrons. The zero-order valence-corrected chi connectivity index (χ0v) is 12.0. The van der Waals surface area contributed by atoms with Crippen LogP contribution in [-0.4, -0.2) is 66.7 Å². The number of nitrogens with one attached hydrogen (secondary N) is 2. The molecule has 3 N–H and O–H groups in total. The summed E-state index contributed by atoms with van der Waals surface area (Å²) >= 11 is 1.56. The number of hydrogen-bond donors (Lipinski definition) is 3. The van der Waals surface area contributed by atoms with Crippen molar-refractivity contribution in [1.82, 2.24) is 15.5 Å². The molecule has 0 saturated heterocycles. The van der Waals surface area contributed by atoms with Crippen molar-refractivity contribution in [1.29, 1.82) is 0 Å². The highest BCUT2D eigenvalue weighted by Crippen LogP contribution is 2.00. The summed E-state index contributed by atoms with van der Waals surface area (Å²) in [6, 6.07) is -1.24. The third-order valence-electron chi connectivity index (χ3n) is 2.53. The van der Waals surface area contributed by atoms with E-state index in [0.717, 1.165) is 13.1 Å². The Kier molecular flexibility index (Phi) is 9.49. The summed E-state index contributed by atoms with van der Waals surface area (Å²) in [6.07, 6.45) is 2.33. The number of carboxylic acid groups (broad SMARTS) is 1. The molecule has 0 fully saturated rings. The van der Waals surface area contributed by atoms with E-state index in [2.05, 4.69) is 15.5 Å². The molecule has 6 nitrogen and oxygen atoms in total. The molecule has 0 bridgehead atoms. The molecule has 1 atom stereocenters. The van der Waals surface area contributed by atoms with Gasteiger partial charge < -0.3 is 20.6 Å². The first-order valence-electron chi connectivity index (χ1n) is 5.95. The normalized spacial score (nSPS) is 12.2. The monoisotopic (exact) mass is 277 g/mol. The summed E-state index contributed by atoms with van der Waals surface area (Å²) in [7, 11) is 1.96. The standard InChI is InChI=1S/C11H23N3O3S/c1-4-14(2)7-6-12-11(17)13-9(10(15)16)5-8-18-3/h9H,4-8H2,1-3H3,(H,15,16)(H2,12,13,17). The van der Waals surface area contributed by atoms with Crippen LogP contribution in [0.15, 0.2) is 0 Å². The van der Waals surface area contributed by atoms with Crippen LogP contribution in [0.5, 0.6) is 0 Å². The van der Waals surface area contributed by atoms with E-state index in [9.17, 15) is 9.59 Å². The van der Waals surface area contributed by atoms with Crippen LogP contribution in [0.4, 0.5) is 4.79 Å². The number of carbonyl (C=O) groups excluding carboxylic acids is 1. The first-order valence-corrected chi connectivity index (χ1v) is 7.35. The van der Waals surface area contributed by atoms with Crippen molar-refractivity contribution in [2.24, 2.45) is 0 Å². The molecule has 0 radical (unpaired) electrons. The molecule has 7 heteroatoms. The molecule has 2 amide bonds. The second-order valence-corrected chi connectivity index (χ2v) is 4.95. The molecule has 0 spiro atoms. The van der Waals surface area contributed by atoms with Crippen LogP contribution < -0.4 is 10.6 Å². The van der Waals surface area contributed by atoms with Crippen LogP contribution in [-0.2, 0) is 4.79 Å². The maximum Gasteiger partial charge on any atom is 0.326 e. The maximum absolute atomic E-state index is 11.5. The fraction of sp³-hybridized carbons (Fsp3) is 0.818. The molecule has 1 unspecified atom stereocenters. The van der Waals surface area contributed by atoms with Gasteiger partial charge in [0.05, 0.1) is 0 Å². The molecule has 0 rings (SSSR count). The van der Waals surface area contributed by atoms with Gasteiger partial charge in [0, 0.05) is 13.1 Å². The number of hydrogen-bond acceptors (Lipinski definition) is 4. The van der Waals surface area contributed by atoms with Gasteiger partial charge in [0.15, 0.2) is 0 Å². The average molecular weight is 277 g/mol. The fourth-order valence-corrected chi connectivity index (χ4v) is 1.69. The van der Waals surface area contributed by atoms with Crippen LogP contribution in [0.1, 0.15) is 13.3 Å².